The van der Waals surface area contributed by atoms with E-state index in [9.17, 15) is 0 Å². The number of ether oxygens (including phenoxy) is 1. The Bertz CT molecular complexity index is 542. The maximum absolute atomic E-state index is 5.69. The molecule has 1 heterocycles. The van der Waals surface area contributed by atoms with Crippen LogP contribution < -0.4 is 10.1 Å². The zero-order valence-electron chi connectivity index (χ0n) is 12.6. The van der Waals surface area contributed by atoms with Gasteiger partial charge in [-0.05, 0) is 45.4 Å². The number of benzene rings is 1. The van der Waals surface area contributed by atoms with E-state index in [1.165, 1.54) is 5.56 Å². The van der Waals surface area contributed by atoms with Crippen molar-refractivity contribution in [3.05, 3.63) is 46.8 Å². The zero-order valence-corrected chi connectivity index (χ0v) is 12.6. The molecule has 0 unspecified atom stereocenters. The number of aryl methyl sites for hydroxylation is 2. The Morgan fingerprint density at radius 3 is 2.70 bits per heavy atom. The first-order valence-electron chi connectivity index (χ1n) is 6.94. The van der Waals surface area contributed by atoms with Gasteiger partial charge in [0, 0.05) is 18.7 Å². The third-order valence-corrected chi connectivity index (χ3v) is 3.08. The predicted molar refractivity (Wildman–Crippen MR) is 78.7 cm³/mol. The molecule has 0 aliphatic heterocycles. The largest absolute Gasteiger partial charge is 0.491 e. The van der Waals surface area contributed by atoms with Crippen molar-refractivity contribution in [1.29, 1.82) is 0 Å². The fourth-order valence-corrected chi connectivity index (χ4v) is 2.09. The summed E-state index contributed by atoms with van der Waals surface area (Å²) in [7, 11) is 0. The second-order valence-electron chi connectivity index (χ2n) is 5.22. The van der Waals surface area contributed by atoms with Crippen LogP contribution in [0.5, 0.6) is 5.75 Å². The highest BCUT2D eigenvalue weighted by Crippen LogP contribution is 2.16. The Hall–Kier alpha value is -1.81. The third kappa shape index (κ3) is 3.84. The topological polar surface area (TPSA) is 47.3 Å². The Kier molecular flexibility index (Phi) is 4.79. The molecule has 4 heteroatoms. The van der Waals surface area contributed by atoms with E-state index in [1.807, 2.05) is 39.8 Å². The average Bonchev–Trinajstić information content (AvgIpc) is 2.70. The van der Waals surface area contributed by atoms with Crippen molar-refractivity contribution in [2.45, 2.75) is 46.9 Å². The number of aromatic nitrogens is 1. The lowest BCUT2D eigenvalue weighted by Gasteiger charge is -2.11. The van der Waals surface area contributed by atoms with Crippen LogP contribution in [0.1, 0.15) is 36.4 Å². The summed E-state index contributed by atoms with van der Waals surface area (Å²) < 4.78 is 10.8. The predicted octanol–water partition coefficient (Wildman–Crippen LogP) is 3.37. The molecule has 0 aliphatic rings. The highest BCUT2D eigenvalue weighted by Gasteiger charge is 2.08. The molecule has 0 atom stereocenters. The Morgan fingerprint density at radius 1 is 1.25 bits per heavy atom. The summed E-state index contributed by atoms with van der Waals surface area (Å²) in [4.78, 5) is 0. The van der Waals surface area contributed by atoms with Gasteiger partial charge in [0.1, 0.15) is 11.5 Å². The molecular formula is C16H22N2O2. The van der Waals surface area contributed by atoms with Crippen LogP contribution in [0.3, 0.4) is 0 Å². The standard InChI is InChI=1S/C16H22N2O2/c1-11(2)19-15-7-5-6-14(8-15)9-17-10-16-12(3)18-20-13(16)4/h5-8,11,17H,9-10H2,1-4H3. The van der Waals surface area contributed by atoms with Crippen LogP contribution >= 0.6 is 0 Å². The summed E-state index contributed by atoms with van der Waals surface area (Å²) in [6.07, 6.45) is 0.195. The van der Waals surface area contributed by atoms with Gasteiger partial charge in [-0.2, -0.15) is 0 Å². The van der Waals surface area contributed by atoms with Crippen LogP contribution in [0, 0.1) is 13.8 Å². The second-order valence-corrected chi connectivity index (χ2v) is 5.22. The smallest absolute Gasteiger partial charge is 0.138 e. The molecule has 1 N–H and O–H groups in total. The van der Waals surface area contributed by atoms with Gasteiger partial charge in [-0.25, -0.2) is 0 Å². The van der Waals surface area contributed by atoms with E-state index in [1.54, 1.807) is 0 Å². The Labute approximate surface area is 120 Å². The Morgan fingerprint density at radius 2 is 2.05 bits per heavy atom. The fourth-order valence-electron chi connectivity index (χ4n) is 2.09. The normalized spacial score (nSPS) is 11.1. The quantitative estimate of drug-likeness (QED) is 0.877. The average molecular weight is 274 g/mol. The maximum Gasteiger partial charge on any atom is 0.138 e. The van der Waals surface area contributed by atoms with Gasteiger partial charge in [0.2, 0.25) is 0 Å². The van der Waals surface area contributed by atoms with Crippen LogP contribution in [0.4, 0.5) is 0 Å². The first-order chi connectivity index (χ1) is 9.56. The van der Waals surface area contributed by atoms with Crippen LogP contribution in [-0.4, -0.2) is 11.3 Å². The van der Waals surface area contributed by atoms with Gasteiger partial charge in [-0.1, -0.05) is 17.3 Å². The fraction of sp³-hybridized carbons (Fsp3) is 0.438. The molecule has 0 spiro atoms. The van der Waals surface area contributed by atoms with Crippen LogP contribution in [-0.2, 0) is 13.1 Å². The zero-order chi connectivity index (χ0) is 14.5. The molecule has 0 amide bonds. The van der Waals surface area contributed by atoms with Crippen molar-refractivity contribution in [1.82, 2.24) is 10.5 Å². The summed E-state index contributed by atoms with van der Waals surface area (Å²) >= 11 is 0. The first-order valence-corrected chi connectivity index (χ1v) is 6.94. The summed E-state index contributed by atoms with van der Waals surface area (Å²) in [6.45, 7) is 9.51. The molecular weight excluding hydrogens is 252 g/mol. The van der Waals surface area contributed by atoms with Crippen molar-refractivity contribution in [3.63, 3.8) is 0 Å². The van der Waals surface area contributed by atoms with Gasteiger partial charge >= 0.3 is 0 Å². The van der Waals surface area contributed by atoms with Gasteiger partial charge in [0.25, 0.3) is 0 Å². The van der Waals surface area contributed by atoms with E-state index in [0.717, 1.165) is 35.9 Å². The van der Waals surface area contributed by atoms with Crippen LogP contribution in [0.25, 0.3) is 0 Å². The van der Waals surface area contributed by atoms with E-state index >= 15 is 0 Å². The number of nitrogens with one attached hydrogen (secondary N) is 1. The van der Waals surface area contributed by atoms with Gasteiger partial charge in [0.15, 0.2) is 0 Å². The Balaban J connectivity index is 1.91. The van der Waals surface area contributed by atoms with Crippen LogP contribution in [0.2, 0.25) is 0 Å². The molecule has 0 saturated heterocycles. The second kappa shape index (κ2) is 6.57. The molecule has 108 valence electrons. The number of nitrogens with zero attached hydrogens (tertiary/aromatic N) is 1. The van der Waals surface area contributed by atoms with Crippen molar-refractivity contribution < 1.29 is 9.26 Å². The van der Waals surface area contributed by atoms with E-state index < -0.39 is 0 Å². The van der Waals surface area contributed by atoms with Crippen molar-refractivity contribution >= 4 is 0 Å². The van der Waals surface area contributed by atoms with Gasteiger partial charge in [0.05, 0.1) is 11.8 Å². The van der Waals surface area contributed by atoms with Crippen molar-refractivity contribution in [2.24, 2.45) is 0 Å². The first kappa shape index (κ1) is 14.6. The lowest BCUT2D eigenvalue weighted by molar-refractivity contribution is 0.242. The van der Waals surface area contributed by atoms with Crippen molar-refractivity contribution in [3.8, 4) is 5.75 Å². The van der Waals surface area contributed by atoms with Crippen LogP contribution in [0.15, 0.2) is 28.8 Å². The third-order valence-electron chi connectivity index (χ3n) is 3.08. The van der Waals surface area contributed by atoms with Gasteiger partial charge in [-0.3, -0.25) is 0 Å². The summed E-state index contributed by atoms with van der Waals surface area (Å²) in [6, 6.07) is 8.16. The van der Waals surface area contributed by atoms with Gasteiger partial charge < -0.3 is 14.6 Å². The van der Waals surface area contributed by atoms with E-state index in [-0.39, 0.29) is 6.10 Å². The molecule has 20 heavy (non-hydrogen) atoms. The number of rotatable bonds is 6. The molecule has 1 aromatic carbocycles. The summed E-state index contributed by atoms with van der Waals surface area (Å²) in [5.74, 6) is 1.79. The van der Waals surface area contributed by atoms with Crippen molar-refractivity contribution in [2.75, 3.05) is 0 Å². The lowest BCUT2D eigenvalue weighted by atomic mass is 10.2. The molecule has 0 bridgehead atoms. The van der Waals surface area contributed by atoms with Gasteiger partial charge in [-0.15, -0.1) is 0 Å². The highest BCUT2D eigenvalue weighted by molar-refractivity contribution is 5.29. The SMILES string of the molecule is Cc1noc(C)c1CNCc1cccc(OC(C)C)c1. The summed E-state index contributed by atoms with van der Waals surface area (Å²) in [5, 5.41) is 7.36. The monoisotopic (exact) mass is 274 g/mol. The molecule has 0 saturated carbocycles. The lowest BCUT2D eigenvalue weighted by Crippen LogP contribution is -2.14. The molecule has 0 aliphatic carbocycles. The molecule has 2 rings (SSSR count). The molecule has 0 fully saturated rings. The maximum atomic E-state index is 5.69. The van der Waals surface area contributed by atoms with E-state index in [4.69, 9.17) is 9.26 Å². The number of hydrogen-bond donors (Lipinski definition) is 1. The van der Waals surface area contributed by atoms with E-state index in [2.05, 4.69) is 22.6 Å². The highest BCUT2D eigenvalue weighted by atomic mass is 16.5. The minimum atomic E-state index is 0.195. The molecule has 0 radical (unpaired) electrons. The minimum absolute atomic E-state index is 0.195. The molecule has 2 aromatic rings. The number of hydrogen-bond acceptors (Lipinski definition) is 4. The molecule has 4 nitrogen and oxygen atoms in total. The minimum Gasteiger partial charge on any atom is -0.491 e. The molecule has 1 aromatic heterocycles. The summed E-state index contributed by atoms with van der Waals surface area (Å²) in [5.41, 5.74) is 3.29. The van der Waals surface area contributed by atoms with E-state index in [0.29, 0.717) is 0 Å².